The van der Waals surface area contributed by atoms with Crippen molar-refractivity contribution in [3.05, 3.63) is 0 Å². The van der Waals surface area contributed by atoms with Crippen molar-refractivity contribution in [2.45, 2.75) is 45.7 Å². The molecule has 0 bridgehead atoms. The molecular formula is C13H26N2O2. The number of nitrogens with zero attached hydrogens (tertiary/aromatic N) is 1. The van der Waals surface area contributed by atoms with E-state index in [1.54, 1.807) is 0 Å². The van der Waals surface area contributed by atoms with Crippen molar-refractivity contribution in [3.63, 3.8) is 0 Å². The minimum absolute atomic E-state index is 0.0363. The Kier molecular flexibility index (Phi) is 4.95. The Balaban J connectivity index is 2.68. The van der Waals surface area contributed by atoms with Crippen LogP contribution in [0.1, 0.15) is 34.1 Å². The summed E-state index contributed by atoms with van der Waals surface area (Å²) in [4.78, 5) is 14.3. The number of amides is 1. The predicted octanol–water partition coefficient (Wildman–Crippen LogP) is 1.26. The van der Waals surface area contributed by atoms with Crippen LogP contribution in [0, 0.1) is 5.92 Å². The molecule has 4 heteroatoms. The van der Waals surface area contributed by atoms with Gasteiger partial charge < -0.3 is 15.0 Å². The number of ether oxygens (including phenoxy) is 1. The Morgan fingerprint density at radius 3 is 2.59 bits per heavy atom. The molecular weight excluding hydrogens is 216 g/mol. The highest BCUT2D eigenvalue weighted by Gasteiger charge is 2.38. The lowest BCUT2D eigenvalue weighted by Crippen LogP contribution is -2.51. The van der Waals surface area contributed by atoms with Gasteiger partial charge in [0.05, 0.1) is 19.1 Å². The van der Waals surface area contributed by atoms with Gasteiger partial charge in [-0.1, -0.05) is 13.8 Å². The quantitative estimate of drug-likeness (QED) is 0.789. The normalized spacial score (nSPS) is 25.0. The smallest absolute Gasteiger partial charge is 0.229 e. The van der Waals surface area contributed by atoms with Crippen molar-refractivity contribution in [3.8, 4) is 0 Å². The van der Waals surface area contributed by atoms with Crippen molar-refractivity contribution in [1.82, 2.24) is 10.2 Å². The number of likely N-dealkylation sites (N-methyl/N-ethyl adjacent to an activating group) is 1. The van der Waals surface area contributed by atoms with Crippen LogP contribution in [0.2, 0.25) is 0 Å². The van der Waals surface area contributed by atoms with Crippen LogP contribution in [0.4, 0.5) is 0 Å². The maximum atomic E-state index is 12.4. The molecule has 0 aliphatic carbocycles. The number of hydrogen-bond donors (Lipinski definition) is 1. The summed E-state index contributed by atoms with van der Waals surface area (Å²) in [6.45, 7) is 10.4. The summed E-state index contributed by atoms with van der Waals surface area (Å²) in [6.07, 6.45) is 0.953. The molecule has 0 saturated carbocycles. The van der Waals surface area contributed by atoms with Gasteiger partial charge in [0, 0.05) is 18.6 Å². The third kappa shape index (κ3) is 3.19. The molecule has 0 spiro atoms. The highest BCUT2D eigenvalue weighted by Crippen LogP contribution is 2.23. The van der Waals surface area contributed by atoms with E-state index in [4.69, 9.17) is 4.74 Å². The average molecular weight is 242 g/mol. The molecule has 17 heavy (non-hydrogen) atoms. The number of nitrogens with one attached hydrogen (secondary N) is 1. The summed E-state index contributed by atoms with van der Waals surface area (Å²) < 4.78 is 5.43. The lowest BCUT2D eigenvalue weighted by molar-refractivity contribution is -0.139. The second kappa shape index (κ2) is 5.83. The largest absolute Gasteiger partial charge is 0.379 e. The molecule has 1 aliphatic heterocycles. The molecule has 0 radical (unpaired) electrons. The zero-order valence-corrected chi connectivity index (χ0v) is 11.7. The first-order valence-electron chi connectivity index (χ1n) is 6.52. The monoisotopic (exact) mass is 242 g/mol. The molecule has 1 N–H and O–H groups in total. The summed E-state index contributed by atoms with van der Waals surface area (Å²) in [7, 11) is 1.90. The molecule has 1 amide bonds. The average Bonchev–Trinajstić information content (AvgIpc) is 2.76. The van der Waals surface area contributed by atoms with E-state index in [1.165, 1.54) is 0 Å². The minimum atomic E-state index is -0.0869. The van der Waals surface area contributed by atoms with E-state index in [0.29, 0.717) is 13.2 Å². The van der Waals surface area contributed by atoms with Gasteiger partial charge in [0.25, 0.3) is 0 Å². The maximum absolute atomic E-state index is 12.4. The fraction of sp³-hybridized carbons (Fsp3) is 0.923. The Morgan fingerprint density at radius 2 is 2.06 bits per heavy atom. The Bertz CT molecular complexity index is 266. The third-order valence-electron chi connectivity index (χ3n) is 3.97. The summed E-state index contributed by atoms with van der Waals surface area (Å²) in [5.74, 6) is 0.158. The minimum Gasteiger partial charge on any atom is -0.379 e. The zero-order valence-electron chi connectivity index (χ0n) is 11.7. The molecule has 1 heterocycles. The van der Waals surface area contributed by atoms with Crippen molar-refractivity contribution >= 4 is 5.91 Å². The van der Waals surface area contributed by atoms with Gasteiger partial charge >= 0.3 is 0 Å². The van der Waals surface area contributed by atoms with Gasteiger partial charge in [-0.05, 0) is 26.8 Å². The van der Waals surface area contributed by atoms with E-state index in [2.05, 4.69) is 33.0 Å². The standard InChI is InChI=1S/C13H26N2O2/c1-6-13(3,4)15(5)12(16)10-8-17-9-11(10)14-7-2/h10-11,14H,6-9H2,1-5H3. The number of hydrogen-bond acceptors (Lipinski definition) is 3. The van der Waals surface area contributed by atoms with Gasteiger partial charge in [-0.3, -0.25) is 4.79 Å². The first kappa shape index (κ1) is 14.5. The molecule has 100 valence electrons. The van der Waals surface area contributed by atoms with Gasteiger partial charge in [0.1, 0.15) is 0 Å². The van der Waals surface area contributed by atoms with Crippen LogP contribution in [-0.2, 0) is 9.53 Å². The molecule has 4 nitrogen and oxygen atoms in total. The summed E-state index contributed by atoms with van der Waals surface area (Å²) in [6, 6.07) is 0.169. The molecule has 1 aliphatic rings. The van der Waals surface area contributed by atoms with Crippen LogP contribution in [0.25, 0.3) is 0 Å². The van der Waals surface area contributed by atoms with E-state index in [9.17, 15) is 4.79 Å². The number of carbonyl (C=O) groups is 1. The second-order valence-electron chi connectivity index (χ2n) is 5.37. The molecule has 2 unspecified atom stereocenters. The fourth-order valence-electron chi connectivity index (χ4n) is 2.05. The molecule has 0 aromatic heterocycles. The first-order valence-corrected chi connectivity index (χ1v) is 6.52. The van der Waals surface area contributed by atoms with Crippen LogP contribution >= 0.6 is 0 Å². The van der Waals surface area contributed by atoms with Crippen molar-refractivity contribution in [2.75, 3.05) is 26.8 Å². The highest BCUT2D eigenvalue weighted by atomic mass is 16.5. The van der Waals surface area contributed by atoms with Crippen molar-refractivity contribution in [2.24, 2.45) is 5.92 Å². The first-order chi connectivity index (χ1) is 7.94. The van der Waals surface area contributed by atoms with E-state index in [-0.39, 0.29) is 23.4 Å². The van der Waals surface area contributed by atoms with Gasteiger partial charge in [-0.25, -0.2) is 0 Å². The lowest BCUT2D eigenvalue weighted by Gasteiger charge is -2.37. The van der Waals surface area contributed by atoms with E-state index >= 15 is 0 Å². The van der Waals surface area contributed by atoms with E-state index in [0.717, 1.165) is 13.0 Å². The van der Waals surface area contributed by atoms with Gasteiger partial charge in [-0.15, -0.1) is 0 Å². The maximum Gasteiger partial charge on any atom is 0.229 e. The zero-order chi connectivity index (χ0) is 13.1. The van der Waals surface area contributed by atoms with Crippen LogP contribution < -0.4 is 5.32 Å². The van der Waals surface area contributed by atoms with Gasteiger partial charge in [0.2, 0.25) is 5.91 Å². The van der Waals surface area contributed by atoms with Crippen molar-refractivity contribution < 1.29 is 9.53 Å². The SMILES string of the molecule is CCNC1COCC1C(=O)N(C)C(C)(C)CC. The number of carbonyl (C=O) groups excluding carboxylic acids is 1. The van der Waals surface area contributed by atoms with Crippen LogP contribution in [-0.4, -0.2) is 49.2 Å². The predicted molar refractivity (Wildman–Crippen MR) is 68.9 cm³/mol. The molecule has 0 aromatic carbocycles. The Morgan fingerprint density at radius 1 is 1.41 bits per heavy atom. The fourth-order valence-corrected chi connectivity index (χ4v) is 2.05. The van der Waals surface area contributed by atoms with E-state index in [1.807, 2.05) is 11.9 Å². The summed E-state index contributed by atoms with van der Waals surface area (Å²) in [5.41, 5.74) is -0.0869. The highest BCUT2D eigenvalue weighted by molar-refractivity contribution is 5.80. The molecule has 1 saturated heterocycles. The van der Waals surface area contributed by atoms with Gasteiger partial charge in [0.15, 0.2) is 0 Å². The molecule has 1 fully saturated rings. The van der Waals surface area contributed by atoms with E-state index < -0.39 is 0 Å². The number of rotatable bonds is 5. The van der Waals surface area contributed by atoms with Crippen molar-refractivity contribution in [1.29, 1.82) is 0 Å². The molecule has 2 atom stereocenters. The van der Waals surface area contributed by atoms with Gasteiger partial charge in [-0.2, -0.15) is 0 Å². The third-order valence-corrected chi connectivity index (χ3v) is 3.97. The Labute approximate surface area is 105 Å². The van der Waals surface area contributed by atoms with Crippen LogP contribution in [0.5, 0.6) is 0 Å². The summed E-state index contributed by atoms with van der Waals surface area (Å²) >= 11 is 0. The Hall–Kier alpha value is -0.610. The van der Waals surface area contributed by atoms with Crippen LogP contribution in [0.15, 0.2) is 0 Å². The van der Waals surface area contributed by atoms with Crippen LogP contribution in [0.3, 0.4) is 0 Å². The second-order valence-corrected chi connectivity index (χ2v) is 5.37. The molecule has 1 rings (SSSR count). The summed E-state index contributed by atoms with van der Waals surface area (Å²) in [5, 5.41) is 3.33. The lowest BCUT2D eigenvalue weighted by atomic mass is 9.95. The topological polar surface area (TPSA) is 41.6 Å². The molecule has 0 aromatic rings.